The molecule has 118 valence electrons. The highest BCUT2D eigenvalue weighted by atomic mass is 32.2. The average molecular weight is 311 g/mol. The molecule has 2 rings (SSSR count). The smallest absolute Gasteiger partial charge is 0.243 e. The van der Waals surface area contributed by atoms with Gasteiger partial charge in [-0.25, -0.2) is 12.7 Å². The van der Waals surface area contributed by atoms with Crippen molar-refractivity contribution >= 4 is 10.0 Å². The Morgan fingerprint density at radius 1 is 1.38 bits per heavy atom. The van der Waals surface area contributed by atoms with Gasteiger partial charge in [0.2, 0.25) is 10.0 Å². The van der Waals surface area contributed by atoms with Gasteiger partial charge in [-0.2, -0.15) is 0 Å². The first-order valence-corrected chi connectivity index (χ1v) is 8.76. The monoisotopic (exact) mass is 311 g/mol. The van der Waals surface area contributed by atoms with E-state index in [0.717, 1.165) is 25.1 Å². The number of likely N-dealkylation sites (tertiary alicyclic amines) is 1. The molecule has 1 unspecified atom stereocenters. The van der Waals surface area contributed by atoms with E-state index < -0.39 is 10.0 Å². The summed E-state index contributed by atoms with van der Waals surface area (Å²) in [5, 5.41) is 3.02. The van der Waals surface area contributed by atoms with Gasteiger partial charge >= 0.3 is 0 Å². The third-order valence-electron chi connectivity index (χ3n) is 4.03. The first-order valence-electron chi connectivity index (χ1n) is 7.32. The highest BCUT2D eigenvalue weighted by Gasteiger charge is 2.28. The number of nitrogens with zero attached hydrogens (tertiary/aromatic N) is 2. The van der Waals surface area contributed by atoms with E-state index in [2.05, 4.69) is 17.3 Å². The fraction of sp³-hybridized carbons (Fsp3) is 0.600. The standard InChI is InChI=1S/C15H25N3O2S/c1-16-10-14-6-4-5-7-15(14)21(19,20)18(3)12-13-8-9-17(2)11-13/h4-7,13,16H,8-12H2,1-3H3. The van der Waals surface area contributed by atoms with E-state index >= 15 is 0 Å². The molecule has 1 N–H and O–H groups in total. The van der Waals surface area contributed by atoms with Crippen LogP contribution in [0.4, 0.5) is 0 Å². The van der Waals surface area contributed by atoms with Crippen molar-refractivity contribution in [2.45, 2.75) is 17.9 Å². The molecule has 1 atom stereocenters. The Morgan fingerprint density at radius 2 is 2.10 bits per heavy atom. The SMILES string of the molecule is CNCc1ccccc1S(=O)(=O)N(C)CC1CCN(C)C1. The second-order valence-electron chi connectivity index (χ2n) is 5.84. The number of benzene rings is 1. The van der Waals surface area contributed by atoms with Gasteiger partial charge in [-0.15, -0.1) is 0 Å². The van der Waals surface area contributed by atoms with E-state index in [0.29, 0.717) is 23.9 Å². The zero-order chi connectivity index (χ0) is 15.5. The van der Waals surface area contributed by atoms with Crippen LogP contribution in [0, 0.1) is 5.92 Å². The predicted octanol–water partition coefficient (Wildman–Crippen LogP) is 0.978. The van der Waals surface area contributed by atoms with Gasteiger partial charge < -0.3 is 10.2 Å². The van der Waals surface area contributed by atoms with Gasteiger partial charge in [0.15, 0.2) is 0 Å². The maximum absolute atomic E-state index is 12.8. The van der Waals surface area contributed by atoms with E-state index in [4.69, 9.17) is 0 Å². The topological polar surface area (TPSA) is 52.7 Å². The number of hydrogen-bond donors (Lipinski definition) is 1. The zero-order valence-electron chi connectivity index (χ0n) is 13.0. The molecule has 1 aliphatic rings. The Hall–Kier alpha value is -0.950. The molecule has 5 nitrogen and oxygen atoms in total. The van der Waals surface area contributed by atoms with Crippen molar-refractivity contribution in [3.63, 3.8) is 0 Å². The summed E-state index contributed by atoms with van der Waals surface area (Å²) in [4.78, 5) is 2.66. The van der Waals surface area contributed by atoms with Crippen molar-refractivity contribution in [3.05, 3.63) is 29.8 Å². The molecule has 0 aromatic heterocycles. The Balaban J connectivity index is 2.17. The van der Waals surface area contributed by atoms with Crippen LogP contribution in [0.2, 0.25) is 0 Å². The third kappa shape index (κ3) is 3.83. The number of rotatable bonds is 6. The van der Waals surface area contributed by atoms with Gasteiger partial charge in [0.05, 0.1) is 4.90 Å². The lowest BCUT2D eigenvalue weighted by Gasteiger charge is -2.22. The summed E-state index contributed by atoms with van der Waals surface area (Å²) in [6.07, 6.45) is 1.06. The van der Waals surface area contributed by atoms with Crippen molar-refractivity contribution in [1.29, 1.82) is 0 Å². The number of sulfonamides is 1. The Kier molecular flexibility index (Phi) is 5.37. The molecular weight excluding hydrogens is 286 g/mol. The summed E-state index contributed by atoms with van der Waals surface area (Å²) in [6, 6.07) is 7.21. The first kappa shape index (κ1) is 16.4. The Labute approximate surface area is 128 Å². The van der Waals surface area contributed by atoms with Gasteiger partial charge in [0.1, 0.15) is 0 Å². The maximum Gasteiger partial charge on any atom is 0.243 e. The normalized spacial score (nSPS) is 20.3. The minimum Gasteiger partial charge on any atom is -0.316 e. The fourth-order valence-electron chi connectivity index (χ4n) is 2.90. The molecule has 1 heterocycles. The van der Waals surface area contributed by atoms with Gasteiger partial charge in [-0.1, -0.05) is 18.2 Å². The summed E-state index contributed by atoms with van der Waals surface area (Å²) < 4.78 is 27.1. The molecule has 1 aromatic rings. The molecule has 1 aliphatic heterocycles. The predicted molar refractivity (Wildman–Crippen MR) is 84.6 cm³/mol. The molecule has 21 heavy (non-hydrogen) atoms. The minimum atomic E-state index is -3.42. The Bertz CT molecular complexity index is 574. The molecule has 0 aliphatic carbocycles. The van der Waals surface area contributed by atoms with Crippen molar-refractivity contribution in [1.82, 2.24) is 14.5 Å². The lowest BCUT2D eigenvalue weighted by molar-refractivity contribution is 0.356. The second kappa shape index (κ2) is 6.87. The zero-order valence-corrected chi connectivity index (χ0v) is 13.9. The van der Waals surface area contributed by atoms with Crippen molar-refractivity contribution in [2.24, 2.45) is 5.92 Å². The summed E-state index contributed by atoms with van der Waals surface area (Å²) in [6.45, 7) is 3.16. The highest BCUT2D eigenvalue weighted by Crippen LogP contribution is 2.22. The van der Waals surface area contributed by atoms with Crippen LogP contribution in [-0.4, -0.2) is 58.4 Å². The first-order chi connectivity index (χ1) is 9.95. The van der Waals surface area contributed by atoms with E-state index in [-0.39, 0.29) is 0 Å². The minimum absolute atomic E-state index is 0.410. The summed E-state index contributed by atoms with van der Waals surface area (Å²) in [7, 11) is 2.16. The van der Waals surface area contributed by atoms with E-state index in [9.17, 15) is 8.42 Å². The molecule has 1 aromatic carbocycles. The molecule has 0 bridgehead atoms. The van der Waals surface area contributed by atoms with E-state index in [1.165, 1.54) is 4.31 Å². The summed E-state index contributed by atoms with van der Waals surface area (Å²) in [5.74, 6) is 0.422. The molecular formula is C15H25N3O2S. The van der Waals surface area contributed by atoms with Gasteiger partial charge in [0.25, 0.3) is 0 Å². The van der Waals surface area contributed by atoms with E-state index in [1.54, 1.807) is 19.2 Å². The van der Waals surface area contributed by atoms with Crippen LogP contribution in [0.25, 0.3) is 0 Å². The average Bonchev–Trinajstić information content (AvgIpc) is 2.85. The highest BCUT2D eigenvalue weighted by molar-refractivity contribution is 7.89. The molecule has 0 spiro atoms. The molecule has 1 saturated heterocycles. The summed E-state index contributed by atoms with van der Waals surface area (Å²) in [5.41, 5.74) is 0.815. The second-order valence-corrected chi connectivity index (χ2v) is 7.85. The number of nitrogens with one attached hydrogen (secondary N) is 1. The molecule has 0 saturated carbocycles. The van der Waals surface area contributed by atoms with Crippen LogP contribution in [0.5, 0.6) is 0 Å². The molecule has 1 fully saturated rings. The van der Waals surface area contributed by atoms with Crippen molar-refractivity contribution in [2.75, 3.05) is 40.8 Å². The summed E-state index contributed by atoms with van der Waals surface area (Å²) >= 11 is 0. The lowest BCUT2D eigenvalue weighted by atomic mass is 10.1. The molecule has 0 amide bonds. The van der Waals surface area contributed by atoms with Crippen LogP contribution >= 0.6 is 0 Å². The van der Waals surface area contributed by atoms with Crippen molar-refractivity contribution < 1.29 is 8.42 Å². The Morgan fingerprint density at radius 3 is 2.71 bits per heavy atom. The molecule has 0 radical (unpaired) electrons. The van der Waals surface area contributed by atoms with Crippen molar-refractivity contribution in [3.8, 4) is 0 Å². The largest absolute Gasteiger partial charge is 0.316 e. The van der Waals surface area contributed by atoms with Gasteiger partial charge in [0, 0.05) is 26.7 Å². The fourth-order valence-corrected chi connectivity index (χ4v) is 4.36. The van der Waals surface area contributed by atoms with Crippen LogP contribution < -0.4 is 5.32 Å². The maximum atomic E-state index is 12.8. The van der Waals surface area contributed by atoms with Crippen LogP contribution in [0.1, 0.15) is 12.0 Å². The quantitative estimate of drug-likeness (QED) is 0.851. The lowest BCUT2D eigenvalue weighted by Crippen LogP contribution is -2.33. The van der Waals surface area contributed by atoms with Gasteiger partial charge in [-0.05, 0) is 44.6 Å². The number of hydrogen-bond acceptors (Lipinski definition) is 4. The van der Waals surface area contributed by atoms with Crippen LogP contribution in [-0.2, 0) is 16.6 Å². The van der Waals surface area contributed by atoms with E-state index in [1.807, 2.05) is 19.2 Å². The van der Waals surface area contributed by atoms with Crippen LogP contribution in [0.3, 0.4) is 0 Å². The van der Waals surface area contributed by atoms with Gasteiger partial charge in [-0.3, -0.25) is 0 Å². The van der Waals surface area contributed by atoms with Crippen LogP contribution in [0.15, 0.2) is 29.2 Å². The third-order valence-corrected chi connectivity index (χ3v) is 5.96. The molecule has 6 heteroatoms.